The van der Waals surface area contributed by atoms with Gasteiger partial charge in [0, 0.05) is 12.0 Å². The van der Waals surface area contributed by atoms with E-state index in [0.717, 1.165) is 25.1 Å². The first kappa shape index (κ1) is 18.7. The van der Waals surface area contributed by atoms with Crippen LogP contribution in [-0.2, 0) is 24.3 Å². The maximum Gasteiger partial charge on any atom is 0.161 e. The minimum Gasteiger partial charge on any atom is -0.493 e. The van der Waals surface area contributed by atoms with Gasteiger partial charge in [0.2, 0.25) is 0 Å². The van der Waals surface area contributed by atoms with E-state index in [2.05, 4.69) is 24.3 Å². The van der Waals surface area contributed by atoms with Crippen LogP contribution in [0.2, 0.25) is 0 Å². The number of ether oxygens (including phenoxy) is 3. The second-order valence-corrected chi connectivity index (χ2v) is 6.76. The predicted molar refractivity (Wildman–Crippen MR) is 99.8 cm³/mol. The van der Waals surface area contributed by atoms with Crippen LogP contribution in [0.15, 0.2) is 42.5 Å². The molecule has 2 aromatic carbocycles. The first-order valence-corrected chi connectivity index (χ1v) is 9.06. The fourth-order valence-electron chi connectivity index (χ4n) is 3.49. The van der Waals surface area contributed by atoms with Gasteiger partial charge in [-0.15, -0.1) is 0 Å². The topological polar surface area (TPSA) is 52.4 Å². The summed E-state index contributed by atoms with van der Waals surface area (Å²) in [6.45, 7) is 3.52. The van der Waals surface area contributed by atoms with E-state index >= 15 is 0 Å². The van der Waals surface area contributed by atoms with Gasteiger partial charge in [0.05, 0.1) is 34.0 Å². The maximum absolute atomic E-state index is 10.3. The number of aliphatic hydroxyl groups is 1. The third-order valence-electron chi connectivity index (χ3n) is 4.86. The van der Waals surface area contributed by atoms with Gasteiger partial charge in [-0.2, -0.15) is 0 Å². The molecule has 2 aromatic rings. The highest BCUT2D eigenvalue weighted by molar-refractivity contribution is 5.42. The van der Waals surface area contributed by atoms with Crippen LogP contribution in [0.3, 0.4) is 0 Å². The highest BCUT2D eigenvalue weighted by atomic mass is 16.5. The van der Waals surface area contributed by atoms with Crippen molar-refractivity contribution >= 4 is 0 Å². The van der Waals surface area contributed by atoms with Gasteiger partial charge >= 0.3 is 0 Å². The molecule has 2 atom stereocenters. The largest absolute Gasteiger partial charge is 0.493 e. The highest BCUT2D eigenvalue weighted by Gasteiger charge is 2.21. The molecular formula is C21H28NO4+. The van der Waals surface area contributed by atoms with E-state index in [4.69, 9.17) is 14.2 Å². The summed E-state index contributed by atoms with van der Waals surface area (Å²) < 4.78 is 16.2. The van der Waals surface area contributed by atoms with Crippen molar-refractivity contribution in [2.24, 2.45) is 0 Å². The Morgan fingerprint density at radius 1 is 1.04 bits per heavy atom. The number of hydrogen-bond acceptors (Lipinski definition) is 4. The summed E-state index contributed by atoms with van der Waals surface area (Å²) in [5.74, 6) is 1.39. The molecule has 0 aromatic heterocycles. The minimum atomic E-state index is -0.463. The Morgan fingerprint density at radius 2 is 1.81 bits per heavy atom. The van der Waals surface area contributed by atoms with E-state index in [1.54, 1.807) is 14.2 Å². The maximum atomic E-state index is 10.3. The normalized spacial score (nSPS) is 17.4. The second-order valence-electron chi connectivity index (χ2n) is 6.76. The van der Waals surface area contributed by atoms with Gasteiger partial charge in [-0.3, -0.25) is 0 Å². The molecule has 2 N–H and O–H groups in total. The van der Waals surface area contributed by atoms with Gasteiger partial charge < -0.3 is 24.2 Å². The predicted octanol–water partition coefficient (Wildman–Crippen LogP) is 1.22. The number of benzene rings is 2. The molecule has 5 heteroatoms. The molecular weight excluding hydrogens is 330 g/mol. The van der Waals surface area contributed by atoms with Crippen LogP contribution in [0, 0.1) is 0 Å². The Labute approximate surface area is 155 Å². The van der Waals surface area contributed by atoms with Gasteiger partial charge in [-0.05, 0) is 23.3 Å². The van der Waals surface area contributed by atoms with Crippen LogP contribution in [0.4, 0.5) is 0 Å². The number of rotatable bonds is 8. The molecule has 0 aliphatic carbocycles. The van der Waals surface area contributed by atoms with Crippen molar-refractivity contribution in [3.8, 4) is 11.5 Å². The Bertz CT molecular complexity index is 719. The molecule has 1 unspecified atom stereocenters. The first-order valence-electron chi connectivity index (χ1n) is 9.06. The van der Waals surface area contributed by atoms with Gasteiger partial charge in [0.25, 0.3) is 0 Å². The molecule has 26 heavy (non-hydrogen) atoms. The van der Waals surface area contributed by atoms with Crippen LogP contribution >= 0.6 is 0 Å². The smallest absolute Gasteiger partial charge is 0.161 e. The van der Waals surface area contributed by atoms with Crippen molar-refractivity contribution in [3.63, 3.8) is 0 Å². The molecule has 1 aliphatic heterocycles. The summed E-state index contributed by atoms with van der Waals surface area (Å²) in [5.41, 5.74) is 3.83. The highest BCUT2D eigenvalue weighted by Crippen LogP contribution is 2.27. The number of quaternary nitrogens is 1. The molecule has 0 saturated heterocycles. The van der Waals surface area contributed by atoms with E-state index in [0.29, 0.717) is 31.3 Å². The molecule has 0 radical (unpaired) electrons. The van der Waals surface area contributed by atoms with E-state index < -0.39 is 6.10 Å². The fourth-order valence-corrected chi connectivity index (χ4v) is 3.49. The molecule has 1 heterocycles. The summed E-state index contributed by atoms with van der Waals surface area (Å²) in [7, 11) is 3.23. The number of fused-ring (bicyclic) bond motifs is 1. The number of methoxy groups -OCH3 is 2. The lowest BCUT2D eigenvalue weighted by Crippen LogP contribution is -3.12. The van der Waals surface area contributed by atoms with Gasteiger partial charge in [0.1, 0.15) is 19.2 Å². The zero-order valence-corrected chi connectivity index (χ0v) is 15.5. The van der Waals surface area contributed by atoms with Crippen molar-refractivity contribution in [1.82, 2.24) is 0 Å². The van der Waals surface area contributed by atoms with E-state index in [9.17, 15) is 5.11 Å². The van der Waals surface area contributed by atoms with Gasteiger partial charge in [-0.1, -0.05) is 30.3 Å². The Balaban J connectivity index is 1.44. The van der Waals surface area contributed by atoms with E-state index in [1.165, 1.54) is 16.0 Å². The summed E-state index contributed by atoms with van der Waals surface area (Å²) >= 11 is 0. The molecule has 0 bridgehead atoms. The van der Waals surface area contributed by atoms with Gasteiger partial charge in [0.15, 0.2) is 11.5 Å². The van der Waals surface area contributed by atoms with E-state index in [-0.39, 0.29) is 0 Å². The van der Waals surface area contributed by atoms with Crippen LogP contribution in [0.1, 0.15) is 16.7 Å². The molecule has 0 spiro atoms. The molecule has 0 fully saturated rings. The summed E-state index contributed by atoms with van der Waals surface area (Å²) in [6.07, 6.45) is 0.612. The van der Waals surface area contributed by atoms with Crippen LogP contribution in [0.5, 0.6) is 11.5 Å². The lowest BCUT2D eigenvalue weighted by atomic mass is 10.00. The molecule has 5 nitrogen and oxygen atoms in total. The first-order chi connectivity index (χ1) is 12.7. The molecule has 140 valence electrons. The number of hydrogen-bond donors (Lipinski definition) is 2. The standard InChI is InChI=1S/C21H27NO4/c1-24-20-8-7-16(11-21(20)25-2)14-26-15-19(23)13-22-10-9-17-5-3-4-6-18(17)12-22/h3-8,11,19,23H,9-10,12-15H2,1-2H3/p+1/t19-/m0/s1. The van der Waals surface area contributed by atoms with E-state index in [1.807, 2.05) is 18.2 Å². The summed E-state index contributed by atoms with van der Waals surface area (Å²) in [4.78, 5) is 1.41. The molecule has 0 saturated carbocycles. The third-order valence-corrected chi connectivity index (χ3v) is 4.86. The SMILES string of the molecule is COc1ccc(COC[C@@H](O)C[NH+]2CCc3ccccc3C2)cc1OC. The molecule has 0 amide bonds. The minimum absolute atomic E-state index is 0.333. The van der Waals surface area contributed by atoms with Crippen LogP contribution in [-0.4, -0.2) is 45.1 Å². The Kier molecular flexibility index (Phi) is 6.50. The fraction of sp³-hybridized carbons (Fsp3) is 0.429. The second kappa shape index (κ2) is 9.03. The van der Waals surface area contributed by atoms with Crippen molar-refractivity contribution < 1.29 is 24.2 Å². The van der Waals surface area contributed by atoms with Crippen LogP contribution < -0.4 is 14.4 Å². The lowest BCUT2D eigenvalue weighted by molar-refractivity contribution is -0.919. The number of nitrogens with one attached hydrogen (secondary N) is 1. The quantitative estimate of drug-likeness (QED) is 0.745. The van der Waals surface area contributed by atoms with Crippen molar-refractivity contribution in [1.29, 1.82) is 0 Å². The van der Waals surface area contributed by atoms with Crippen molar-refractivity contribution in [3.05, 3.63) is 59.2 Å². The Hall–Kier alpha value is -2.08. The monoisotopic (exact) mass is 358 g/mol. The zero-order valence-electron chi connectivity index (χ0n) is 15.5. The third kappa shape index (κ3) is 4.75. The van der Waals surface area contributed by atoms with Gasteiger partial charge in [-0.25, -0.2) is 0 Å². The number of aliphatic hydroxyl groups excluding tert-OH is 1. The average molecular weight is 358 g/mol. The zero-order chi connectivity index (χ0) is 18.4. The summed E-state index contributed by atoms with van der Waals surface area (Å²) in [5, 5.41) is 10.3. The van der Waals surface area contributed by atoms with Crippen molar-refractivity contribution in [2.45, 2.75) is 25.7 Å². The lowest BCUT2D eigenvalue weighted by Gasteiger charge is -2.27. The van der Waals surface area contributed by atoms with Crippen molar-refractivity contribution in [2.75, 3.05) is 33.9 Å². The average Bonchev–Trinajstić information content (AvgIpc) is 2.67. The van der Waals surface area contributed by atoms with Crippen LogP contribution in [0.25, 0.3) is 0 Å². The molecule has 1 aliphatic rings. The summed E-state index contributed by atoms with van der Waals surface area (Å²) in [6, 6.07) is 14.3. The Morgan fingerprint density at radius 3 is 2.58 bits per heavy atom. The molecule has 3 rings (SSSR count).